The Kier molecular flexibility index (Phi) is 12.6. The van der Waals surface area contributed by atoms with Gasteiger partial charge in [-0.25, -0.2) is 9.37 Å². The van der Waals surface area contributed by atoms with E-state index in [2.05, 4.69) is 40.6 Å². The largest absolute Gasteiger partial charge is 0.494 e. The van der Waals surface area contributed by atoms with Crippen molar-refractivity contribution in [3.8, 4) is 5.75 Å². The van der Waals surface area contributed by atoms with E-state index in [1.165, 1.54) is 25.3 Å². The van der Waals surface area contributed by atoms with Crippen LogP contribution in [0.3, 0.4) is 0 Å². The van der Waals surface area contributed by atoms with Crippen LogP contribution in [0.25, 0.3) is 0 Å². The lowest BCUT2D eigenvalue weighted by molar-refractivity contribution is -0.136. The van der Waals surface area contributed by atoms with E-state index in [1.807, 2.05) is 18.2 Å². The maximum atomic E-state index is 15.9. The smallest absolute Gasteiger partial charge is 0.362 e. The number of imide groups is 1. The van der Waals surface area contributed by atoms with Gasteiger partial charge in [0.05, 0.1) is 36.5 Å². The van der Waals surface area contributed by atoms with E-state index in [0.717, 1.165) is 57.8 Å². The van der Waals surface area contributed by atoms with Gasteiger partial charge in [0.25, 0.3) is 5.91 Å². The molecule has 3 aromatic carbocycles. The average molecular weight is 876 g/mol. The lowest BCUT2D eigenvalue weighted by Crippen LogP contribution is -2.53. The quantitative estimate of drug-likeness (QED) is 0.115. The van der Waals surface area contributed by atoms with E-state index < -0.39 is 19.5 Å². The highest BCUT2D eigenvalue weighted by molar-refractivity contribution is 7.62. The van der Waals surface area contributed by atoms with Crippen molar-refractivity contribution in [2.45, 2.75) is 50.9 Å². The highest BCUT2D eigenvalue weighted by Gasteiger charge is 2.41. The van der Waals surface area contributed by atoms with Gasteiger partial charge in [0.15, 0.2) is 5.82 Å². The molecule has 3 amide bonds. The Morgan fingerprint density at radius 2 is 1.67 bits per heavy atom. The molecule has 0 radical (unpaired) electrons. The van der Waals surface area contributed by atoms with Gasteiger partial charge in [0.2, 0.25) is 17.8 Å². The van der Waals surface area contributed by atoms with E-state index >= 15 is 4.39 Å². The van der Waals surface area contributed by atoms with Gasteiger partial charge >= 0.3 is 7.60 Å². The number of halogens is 2. The molecule has 1 aromatic heterocycles. The van der Waals surface area contributed by atoms with E-state index in [4.69, 9.17) is 25.4 Å². The first-order valence-corrected chi connectivity index (χ1v) is 22.1. The molecule has 3 N–H and O–H groups in total. The van der Waals surface area contributed by atoms with Crippen molar-refractivity contribution in [2.75, 3.05) is 76.1 Å². The molecule has 19 heteroatoms. The van der Waals surface area contributed by atoms with Gasteiger partial charge in [0.1, 0.15) is 22.6 Å². The zero-order valence-electron chi connectivity index (χ0n) is 34.2. The summed E-state index contributed by atoms with van der Waals surface area (Å²) in [6.07, 6.45) is 3.86. The molecule has 4 aliphatic rings. The molecular weight excluding hydrogens is 828 g/mol. The van der Waals surface area contributed by atoms with Crippen LogP contribution in [0, 0.1) is 5.82 Å². The second-order valence-electron chi connectivity index (χ2n) is 15.4. The minimum Gasteiger partial charge on any atom is -0.494 e. The number of carbonyl (C=O) groups is 3. The number of methoxy groups -OCH3 is 1. The molecule has 1 unspecified atom stereocenters. The number of rotatable bonds is 13. The second kappa shape index (κ2) is 18.1. The van der Waals surface area contributed by atoms with E-state index in [9.17, 15) is 18.9 Å². The third kappa shape index (κ3) is 8.81. The van der Waals surface area contributed by atoms with Gasteiger partial charge in [0, 0.05) is 101 Å². The zero-order valence-corrected chi connectivity index (χ0v) is 35.8. The van der Waals surface area contributed by atoms with Crippen molar-refractivity contribution in [3.05, 3.63) is 88.3 Å². The first-order valence-electron chi connectivity index (χ1n) is 20.2. The Balaban J connectivity index is 0.839. The summed E-state index contributed by atoms with van der Waals surface area (Å²) >= 11 is 6.48. The number of ether oxygens (including phenoxy) is 1. The molecular formula is C42H48ClFN9O7P. The number of anilines is 5. The van der Waals surface area contributed by atoms with Crippen molar-refractivity contribution in [3.63, 3.8) is 0 Å². The van der Waals surface area contributed by atoms with Gasteiger partial charge in [-0.05, 0) is 49.6 Å². The van der Waals surface area contributed by atoms with Gasteiger partial charge in [-0.15, -0.1) is 0 Å². The maximum absolute atomic E-state index is 15.9. The minimum absolute atomic E-state index is 0.0210. The van der Waals surface area contributed by atoms with Gasteiger partial charge in [-0.3, -0.25) is 34.1 Å². The molecule has 1 atom stereocenters. The van der Waals surface area contributed by atoms with Crippen LogP contribution in [0.15, 0.2) is 60.8 Å². The standard InChI is InChI=1S/C42H48ClFN9O7P/c1-58-35-22-28(9-11-32(35)47-42-45-23-31(43)39(49-42)46-33-6-4-5-7-36(33)61(57,59-2)60-3)51-16-14-27(15-17-51)52-20-18-50(19-21-52)24-26-8-10-29-30(38(26)44)25-53(41(29)56)34-12-13-37(54)48-40(34)55/h4-11,22-23,27,34H,12-21,24-25H2,1-3H3,(H,48,54,55)(H2,45,46,47,49). The molecule has 322 valence electrons. The molecule has 0 saturated carbocycles. The number of fused-ring (bicyclic) bond motifs is 1. The van der Waals surface area contributed by atoms with Crippen LogP contribution in [0.1, 0.15) is 47.2 Å². The van der Waals surface area contributed by atoms with Crippen LogP contribution in [-0.2, 0) is 36.3 Å². The lowest BCUT2D eigenvalue weighted by Gasteiger charge is -2.43. The summed E-state index contributed by atoms with van der Waals surface area (Å²) in [5.41, 5.74) is 3.31. The Bertz CT molecular complexity index is 2370. The Morgan fingerprint density at radius 3 is 2.39 bits per heavy atom. The molecule has 0 bridgehead atoms. The van der Waals surface area contributed by atoms with E-state index in [1.54, 1.807) is 43.5 Å². The third-order valence-electron chi connectivity index (χ3n) is 12.0. The first kappa shape index (κ1) is 42.5. The molecule has 16 nitrogen and oxygen atoms in total. The number of hydrogen-bond donors (Lipinski definition) is 3. The number of para-hydroxylation sites is 1. The molecule has 0 aliphatic carbocycles. The van der Waals surface area contributed by atoms with E-state index in [0.29, 0.717) is 52.0 Å². The number of hydrogen-bond acceptors (Lipinski definition) is 14. The topological polar surface area (TPSA) is 171 Å². The van der Waals surface area contributed by atoms with Gasteiger partial charge in [-0.1, -0.05) is 29.8 Å². The van der Waals surface area contributed by atoms with Crippen LogP contribution >= 0.6 is 19.2 Å². The summed E-state index contributed by atoms with van der Waals surface area (Å²) in [7, 11) is 0.690. The normalized spacial score (nSPS) is 19.2. The molecule has 61 heavy (non-hydrogen) atoms. The molecule has 3 fully saturated rings. The van der Waals surface area contributed by atoms with Crippen molar-refractivity contribution >= 4 is 71.1 Å². The molecule has 0 spiro atoms. The number of nitrogens with one attached hydrogen (secondary N) is 3. The van der Waals surface area contributed by atoms with Crippen LogP contribution in [0.4, 0.5) is 33.2 Å². The Hall–Kier alpha value is -5.16. The molecule has 4 aliphatic heterocycles. The summed E-state index contributed by atoms with van der Waals surface area (Å²) in [4.78, 5) is 54.7. The number of piperidine rings is 2. The summed E-state index contributed by atoms with van der Waals surface area (Å²) in [5, 5.41) is 9.26. The van der Waals surface area contributed by atoms with Crippen molar-refractivity contribution in [2.24, 2.45) is 0 Å². The Morgan fingerprint density at radius 1 is 0.918 bits per heavy atom. The highest BCUT2D eigenvalue weighted by atomic mass is 35.5. The van der Waals surface area contributed by atoms with Crippen LogP contribution < -0.4 is 30.9 Å². The van der Waals surface area contributed by atoms with Crippen LogP contribution in [-0.4, -0.2) is 115 Å². The number of amides is 3. The number of nitrogens with zero attached hydrogens (tertiary/aromatic N) is 6. The predicted molar refractivity (Wildman–Crippen MR) is 229 cm³/mol. The minimum atomic E-state index is -3.57. The Labute approximate surface area is 358 Å². The SMILES string of the molecule is COc1cc(N2CCC(N3CCN(Cc4ccc5c(c4F)CN(C4CCC(=O)NC4=O)C5=O)CC3)CC2)ccc1Nc1ncc(Cl)c(Nc2ccccc2P(=O)(OC)OC)n1. The number of piperazine rings is 1. The number of aromatic nitrogens is 2. The third-order valence-corrected chi connectivity index (χ3v) is 14.2. The number of carbonyl (C=O) groups excluding carboxylic acids is 3. The fourth-order valence-corrected chi connectivity index (χ4v) is 10.00. The average Bonchev–Trinajstić information content (AvgIpc) is 3.62. The maximum Gasteiger partial charge on any atom is 0.362 e. The summed E-state index contributed by atoms with van der Waals surface area (Å²) in [6.45, 7) is 5.58. The van der Waals surface area contributed by atoms with Crippen molar-refractivity contribution in [1.29, 1.82) is 0 Å². The molecule has 5 heterocycles. The zero-order chi connectivity index (χ0) is 42.8. The second-order valence-corrected chi connectivity index (χ2v) is 18.0. The van der Waals surface area contributed by atoms with Crippen LogP contribution in [0.5, 0.6) is 5.75 Å². The molecule has 3 saturated heterocycles. The van der Waals surface area contributed by atoms with Crippen LogP contribution in [0.2, 0.25) is 5.02 Å². The summed E-state index contributed by atoms with van der Waals surface area (Å²) in [6, 6.07) is 15.9. The highest BCUT2D eigenvalue weighted by Crippen LogP contribution is 2.47. The van der Waals surface area contributed by atoms with Crippen molar-refractivity contribution in [1.82, 2.24) is 30.0 Å². The monoisotopic (exact) mass is 875 g/mol. The first-order chi connectivity index (χ1) is 29.5. The van der Waals surface area contributed by atoms with Gasteiger partial charge in [-0.2, -0.15) is 4.98 Å². The molecule has 4 aromatic rings. The molecule has 8 rings (SSSR count). The lowest BCUT2D eigenvalue weighted by atomic mass is 10.0. The van der Waals surface area contributed by atoms with Gasteiger partial charge < -0.3 is 34.2 Å². The fourth-order valence-electron chi connectivity index (χ4n) is 8.62. The fraction of sp³-hybridized carbons (Fsp3) is 0.405. The van der Waals surface area contributed by atoms with E-state index in [-0.39, 0.29) is 53.6 Å². The summed E-state index contributed by atoms with van der Waals surface area (Å²) in [5.74, 6) is -0.450. The van der Waals surface area contributed by atoms with Crippen molar-refractivity contribution < 1.29 is 37.1 Å². The summed E-state index contributed by atoms with van der Waals surface area (Å²) < 4.78 is 45.3. The number of benzene rings is 3. The predicted octanol–water partition coefficient (Wildman–Crippen LogP) is 5.42.